The van der Waals surface area contributed by atoms with E-state index in [0.717, 1.165) is 32.5 Å². The normalized spacial score (nSPS) is 16.6. The molecule has 5 nitrogen and oxygen atoms in total. The number of ether oxygens (including phenoxy) is 1. The van der Waals surface area contributed by atoms with E-state index >= 15 is 0 Å². The van der Waals surface area contributed by atoms with Crippen molar-refractivity contribution in [1.82, 2.24) is 4.90 Å². The van der Waals surface area contributed by atoms with Crippen LogP contribution in [-0.2, 0) is 16.1 Å². The molecule has 1 aliphatic heterocycles. The monoisotopic (exact) mass is 389 g/mol. The molecule has 0 spiro atoms. The zero-order chi connectivity index (χ0) is 18.4. The standard InChI is InChI=1S/C19H20ClN3O2S/c20-18-9-15(6-5-14(18)10-21)22-19(24)13-23(11-16-3-1-7-25-16)12-17-4-2-8-26-17/h2,4-6,8-9,16H,1,3,7,11-13H2,(H,22,24). The number of benzene rings is 1. The molecule has 1 N–H and O–H groups in total. The smallest absolute Gasteiger partial charge is 0.238 e. The van der Waals surface area contributed by atoms with Crippen molar-refractivity contribution in [3.8, 4) is 6.07 Å². The number of carbonyl (C=O) groups is 1. The van der Waals surface area contributed by atoms with Crippen molar-refractivity contribution < 1.29 is 9.53 Å². The molecule has 2 heterocycles. The first-order valence-electron chi connectivity index (χ1n) is 8.50. The number of hydrogen-bond acceptors (Lipinski definition) is 5. The molecule has 26 heavy (non-hydrogen) atoms. The summed E-state index contributed by atoms with van der Waals surface area (Å²) in [5, 5.41) is 14.2. The van der Waals surface area contributed by atoms with Crippen molar-refractivity contribution in [3.63, 3.8) is 0 Å². The molecule has 7 heteroatoms. The second-order valence-corrected chi connectivity index (χ2v) is 7.68. The van der Waals surface area contributed by atoms with E-state index in [9.17, 15) is 4.79 Å². The van der Waals surface area contributed by atoms with Gasteiger partial charge in [0.15, 0.2) is 0 Å². The molecule has 0 saturated carbocycles. The Morgan fingerprint density at radius 3 is 3.00 bits per heavy atom. The maximum Gasteiger partial charge on any atom is 0.238 e. The number of amides is 1. The number of anilines is 1. The molecule has 0 aliphatic carbocycles. The second-order valence-electron chi connectivity index (χ2n) is 6.24. The number of rotatable bonds is 7. The maximum absolute atomic E-state index is 12.5. The molecule has 1 saturated heterocycles. The van der Waals surface area contributed by atoms with Crippen molar-refractivity contribution in [2.24, 2.45) is 0 Å². The fourth-order valence-electron chi connectivity index (χ4n) is 2.97. The van der Waals surface area contributed by atoms with Gasteiger partial charge in [0.05, 0.1) is 23.2 Å². The highest BCUT2D eigenvalue weighted by Crippen LogP contribution is 2.21. The lowest BCUT2D eigenvalue weighted by Crippen LogP contribution is -2.37. The minimum absolute atomic E-state index is 0.111. The molecule has 3 rings (SSSR count). The molecule has 1 atom stereocenters. The van der Waals surface area contributed by atoms with Gasteiger partial charge >= 0.3 is 0 Å². The highest BCUT2D eigenvalue weighted by atomic mass is 35.5. The summed E-state index contributed by atoms with van der Waals surface area (Å²) in [6.45, 7) is 2.53. The fourth-order valence-corrected chi connectivity index (χ4v) is 3.94. The van der Waals surface area contributed by atoms with Gasteiger partial charge in [0, 0.05) is 30.3 Å². The predicted octanol–water partition coefficient (Wildman–Crippen LogP) is 3.89. The molecule has 1 aliphatic rings. The molecule has 2 aromatic rings. The van der Waals surface area contributed by atoms with Crippen LogP contribution in [0, 0.1) is 11.3 Å². The number of hydrogen-bond donors (Lipinski definition) is 1. The highest BCUT2D eigenvalue weighted by molar-refractivity contribution is 7.09. The van der Waals surface area contributed by atoms with Crippen molar-refractivity contribution in [2.75, 3.05) is 25.0 Å². The lowest BCUT2D eigenvalue weighted by atomic mass is 10.2. The van der Waals surface area contributed by atoms with E-state index < -0.39 is 0 Å². The third-order valence-corrected chi connectivity index (χ3v) is 5.36. The third-order valence-electron chi connectivity index (χ3n) is 4.19. The number of halogens is 1. The van der Waals surface area contributed by atoms with Crippen LogP contribution in [0.5, 0.6) is 0 Å². The average Bonchev–Trinajstić information content (AvgIpc) is 3.29. The summed E-state index contributed by atoms with van der Waals surface area (Å²) in [4.78, 5) is 15.8. The van der Waals surface area contributed by atoms with Crippen molar-refractivity contribution >= 4 is 34.5 Å². The number of nitriles is 1. The van der Waals surface area contributed by atoms with Crippen LogP contribution in [0.2, 0.25) is 5.02 Å². The Morgan fingerprint density at radius 2 is 2.35 bits per heavy atom. The van der Waals surface area contributed by atoms with Crippen molar-refractivity contribution in [2.45, 2.75) is 25.5 Å². The van der Waals surface area contributed by atoms with Crippen LogP contribution in [-0.4, -0.2) is 36.6 Å². The minimum atomic E-state index is -0.111. The zero-order valence-electron chi connectivity index (χ0n) is 14.3. The quantitative estimate of drug-likeness (QED) is 0.780. The van der Waals surface area contributed by atoms with Crippen LogP contribution in [0.3, 0.4) is 0 Å². The Balaban J connectivity index is 1.62. The molecular weight excluding hydrogens is 370 g/mol. The summed E-state index contributed by atoms with van der Waals surface area (Å²) in [6, 6.07) is 11.0. The van der Waals surface area contributed by atoms with E-state index in [2.05, 4.69) is 16.3 Å². The summed E-state index contributed by atoms with van der Waals surface area (Å²) in [6.07, 6.45) is 2.30. The van der Waals surface area contributed by atoms with Crippen molar-refractivity contribution in [3.05, 3.63) is 51.2 Å². The van der Waals surface area contributed by atoms with Crippen LogP contribution >= 0.6 is 22.9 Å². The van der Waals surface area contributed by atoms with Gasteiger partial charge in [-0.2, -0.15) is 5.26 Å². The summed E-state index contributed by atoms with van der Waals surface area (Å²) in [7, 11) is 0. The highest BCUT2D eigenvalue weighted by Gasteiger charge is 2.21. The van der Waals surface area contributed by atoms with Gasteiger partial charge in [0.25, 0.3) is 0 Å². The van der Waals surface area contributed by atoms with Gasteiger partial charge in [0.2, 0.25) is 5.91 Å². The molecular formula is C19H20ClN3O2S. The van der Waals surface area contributed by atoms with Gasteiger partial charge in [0.1, 0.15) is 6.07 Å². The van der Waals surface area contributed by atoms with Gasteiger partial charge in [-0.15, -0.1) is 11.3 Å². The topological polar surface area (TPSA) is 65.4 Å². The van der Waals surface area contributed by atoms with E-state index in [-0.39, 0.29) is 18.6 Å². The summed E-state index contributed by atoms with van der Waals surface area (Å²) in [5.41, 5.74) is 0.981. The van der Waals surface area contributed by atoms with Gasteiger partial charge < -0.3 is 10.1 Å². The molecule has 1 aromatic carbocycles. The van der Waals surface area contributed by atoms with Gasteiger partial charge in [-0.05, 0) is 42.5 Å². The Hall–Kier alpha value is -1.91. The Kier molecular flexibility index (Phi) is 6.64. The summed E-state index contributed by atoms with van der Waals surface area (Å²) < 4.78 is 5.73. The predicted molar refractivity (Wildman–Crippen MR) is 103 cm³/mol. The second kappa shape index (κ2) is 9.15. The van der Waals surface area contributed by atoms with Crippen molar-refractivity contribution in [1.29, 1.82) is 5.26 Å². The number of thiophene rings is 1. The average molecular weight is 390 g/mol. The van der Waals surface area contributed by atoms with Crippen LogP contribution in [0.15, 0.2) is 35.7 Å². The third kappa shape index (κ3) is 5.29. The molecule has 1 fully saturated rings. The molecule has 1 amide bonds. The first kappa shape index (κ1) is 18.9. The van der Waals surface area contributed by atoms with Gasteiger partial charge in [-0.1, -0.05) is 17.7 Å². The van der Waals surface area contributed by atoms with Gasteiger partial charge in [-0.3, -0.25) is 9.69 Å². The van der Waals surface area contributed by atoms with Crippen LogP contribution in [0.25, 0.3) is 0 Å². The van der Waals surface area contributed by atoms with Crippen LogP contribution in [0.1, 0.15) is 23.3 Å². The Bertz CT molecular complexity index is 783. The fraction of sp³-hybridized carbons (Fsp3) is 0.368. The first-order valence-corrected chi connectivity index (χ1v) is 9.75. The van der Waals surface area contributed by atoms with E-state index in [0.29, 0.717) is 16.3 Å². The van der Waals surface area contributed by atoms with Crippen LogP contribution < -0.4 is 5.32 Å². The SMILES string of the molecule is N#Cc1ccc(NC(=O)CN(Cc2cccs2)CC2CCCO2)cc1Cl. The Morgan fingerprint density at radius 1 is 1.46 bits per heavy atom. The zero-order valence-corrected chi connectivity index (χ0v) is 15.9. The maximum atomic E-state index is 12.5. The summed E-state index contributed by atoms with van der Waals surface area (Å²) in [5.74, 6) is -0.111. The van der Waals surface area contributed by atoms with Gasteiger partial charge in [-0.25, -0.2) is 0 Å². The molecule has 0 bridgehead atoms. The Labute approximate surface area is 162 Å². The summed E-state index contributed by atoms with van der Waals surface area (Å²) >= 11 is 7.71. The molecule has 0 radical (unpaired) electrons. The number of nitrogens with one attached hydrogen (secondary N) is 1. The van der Waals surface area contributed by atoms with E-state index in [1.807, 2.05) is 17.5 Å². The number of nitrogens with zero attached hydrogens (tertiary/aromatic N) is 2. The minimum Gasteiger partial charge on any atom is -0.377 e. The molecule has 136 valence electrons. The molecule has 1 aromatic heterocycles. The van der Waals surface area contributed by atoms with Crippen LogP contribution in [0.4, 0.5) is 5.69 Å². The largest absolute Gasteiger partial charge is 0.377 e. The van der Waals surface area contributed by atoms with E-state index in [1.54, 1.807) is 29.5 Å². The first-order chi connectivity index (χ1) is 12.6. The van der Waals surface area contributed by atoms with E-state index in [4.69, 9.17) is 21.6 Å². The lowest BCUT2D eigenvalue weighted by molar-refractivity contribution is -0.117. The lowest BCUT2D eigenvalue weighted by Gasteiger charge is -2.24. The molecule has 1 unspecified atom stereocenters. The number of carbonyl (C=O) groups excluding carboxylic acids is 1. The van der Waals surface area contributed by atoms with E-state index in [1.165, 1.54) is 4.88 Å².